The van der Waals surface area contributed by atoms with E-state index in [2.05, 4.69) is 5.32 Å². The molecule has 0 atom stereocenters. The number of amides is 1. The molecule has 10 heavy (non-hydrogen) atoms. The summed E-state index contributed by atoms with van der Waals surface area (Å²) in [6, 6.07) is 0.299. The molecule has 60 valence electrons. The average Bonchev–Trinajstić information content (AvgIpc) is 1.55. The summed E-state index contributed by atoms with van der Waals surface area (Å²) in [6.45, 7) is 3.99. The van der Waals surface area contributed by atoms with Crippen LogP contribution < -0.4 is 5.32 Å². The molecule has 1 N–H and O–H groups in total. The smallest absolute Gasteiger partial charge is 0.223 e. The zero-order chi connectivity index (χ0) is 7.56. The standard InChI is InChI=1S/C8H15NO.H2/c1-6(2)9-8(10)7-4-3-5-7;/h6-7H,3-5H2,1-2H3,(H,9,10);1H. The molecule has 0 radical (unpaired) electrons. The second-order valence-electron chi connectivity index (χ2n) is 3.29. The van der Waals surface area contributed by atoms with Gasteiger partial charge in [-0.2, -0.15) is 0 Å². The van der Waals surface area contributed by atoms with Crippen molar-refractivity contribution < 1.29 is 6.22 Å². The summed E-state index contributed by atoms with van der Waals surface area (Å²) >= 11 is 0. The van der Waals surface area contributed by atoms with Crippen LogP contribution in [0.4, 0.5) is 0 Å². The Morgan fingerprint density at radius 2 is 2.20 bits per heavy atom. The molecule has 0 spiro atoms. The topological polar surface area (TPSA) is 29.1 Å². The largest absolute Gasteiger partial charge is 0.354 e. The molecule has 0 bridgehead atoms. The van der Waals surface area contributed by atoms with Crippen LogP contribution in [0.1, 0.15) is 34.5 Å². The molecule has 0 aromatic rings. The van der Waals surface area contributed by atoms with Crippen LogP contribution in [-0.4, -0.2) is 11.9 Å². The molecule has 0 unspecified atom stereocenters. The molecule has 0 saturated heterocycles. The van der Waals surface area contributed by atoms with E-state index in [-0.39, 0.29) is 7.33 Å². The highest BCUT2D eigenvalue weighted by Gasteiger charge is 2.24. The molecule has 1 aliphatic carbocycles. The molecule has 0 aliphatic heterocycles. The molecular formula is C8H17NO. The fourth-order valence-corrected chi connectivity index (χ4v) is 1.07. The summed E-state index contributed by atoms with van der Waals surface area (Å²) in [4.78, 5) is 11.1. The Morgan fingerprint density at radius 1 is 1.60 bits per heavy atom. The molecule has 1 amide bonds. The molecule has 0 heterocycles. The van der Waals surface area contributed by atoms with Gasteiger partial charge in [0.1, 0.15) is 0 Å². The van der Waals surface area contributed by atoms with Gasteiger partial charge in [-0.15, -0.1) is 0 Å². The van der Waals surface area contributed by atoms with Gasteiger partial charge in [0, 0.05) is 13.4 Å². The van der Waals surface area contributed by atoms with E-state index in [0.717, 1.165) is 12.8 Å². The molecular weight excluding hydrogens is 126 g/mol. The SMILES string of the molecule is CC(C)NC(=O)C1CCC1.[HH]. The van der Waals surface area contributed by atoms with Gasteiger partial charge in [0.05, 0.1) is 0 Å². The number of carbonyl (C=O) groups is 1. The second kappa shape index (κ2) is 3.04. The summed E-state index contributed by atoms with van der Waals surface area (Å²) in [6.07, 6.45) is 3.42. The minimum atomic E-state index is 0. The zero-order valence-corrected chi connectivity index (χ0v) is 6.68. The minimum absolute atomic E-state index is 0. The van der Waals surface area contributed by atoms with E-state index in [1.165, 1.54) is 6.42 Å². The first-order valence-corrected chi connectivity index (χ1v) is 4.00. The van der Waals surface area contributed by atoms with Gasteiger partial charge < -0.3 is 5.32 Å². The van der Waals surface area contributed by atoms with Crippen molar-refractivity contribution in [2.45, 2.75) is 39.2 Å². The predicted molar refractivity (Wildman–Crippen MR) is 42.7 cm³/mol. The number of hydrogen-bond acceptors (Lipinski definition) is 1. The zero-order valence-electron chi connectivity index (χ0n) is 6.68. The Morgan fingerprint density at radius 3 is 2.50 bits per heavy atom. The van der Waals surface area contributed by atoms with Crippen molar-refractivity contribution in [3.8, 4) is 0 Å². The molecule has 1 fully saturated rings. The lowest BCUT2D eigenvalue weighted by molar-refractivity contribution is -0.127. The molecule has 2 heteroatoms. The molecule has 0 aromatic heterocycles. The van der Waals surface area contributed by atoms with E-state index in [9.17, 15) is 4.79 Å². The number of nitrogens with one attached hydrogen (secondary N) is 1. The van der Waals surface area contributed by atoms with Gasteiger partial charge in [-0.1, -0.05) is 6.42 Å². The monoisotopic (exact) mass is 143 g/mol. The maximum Gasteiger partial charge on any atom is 0.223 e. The third kappa shape index (κ3) is 1.72. The van der Waals surface area contributed by atoms with Gasteiger partial charge >= 0.3 is 0 Å². The van der Waals surface area contributed by atoms with Crippen molar-refractivity contribution in [1.82, 2.24) is 5.32 Å². The van der Waals surface area contributed by atoms with E-state index in [1.807, 2.05) is 13.8 Å². The Bertz CT molecular complexity index is 132. The first-order valence-electron chi connectivity index (χ1n) is 4.00. The summed E-state index contributed by atoms with van der Waals surface area (Å²) in [5, 5.41) is 2.91. The highest BCUT2D eigenvalue weighted by molar-refractivity contribution is 5.79. The highest BCUT2D eigenvalue weighted by Crippen LogP contribution is 2.26. The Kier molecular flexibility index (Phi) is 2.30. The third-order valence-electron chi connectivity index (χ3n) is 1.91. The lowest BCUT2D eigenvalue weighted by atomic mass is 9.85. The third-order valence-corrected chi connectivity index (χ3v) is 1.91. The summed E-state index contributed by atoms with van der Waals surface area (Å²) in [5.41, 5.74) is 0. The van der Waals surface area contributed by atoms with Crippen LogP contribution >= 0.6 is 0 Å². The van der Waals surface area contributed by atoms with Gasteiger partial charge in [-0.25, -0.2) is 0 Å². The summed E-state index contributed by atoms with van der Waals surface area (Å²) < 4.78 is 0. The van der Waals surface area contributed by atoms with Crippen LogP contribution in [0, 0.1) is 5.92 Å². The van der Waals surface area contributed by atoms with Gasteiger partial charge in [-0.05, 0) is 26.7 Å². The maximum absolute atomic E-state index is 11.1. The number of carbonyl (C=O) groups excluding carboxylic acids is 1. The van der Waals surface area contributed by atoms with Gasteiger partial charge in [-0.3, -0.25) is 4.79 Å². The fraction of sp³-hybridized carbons (Fsp3) is 0.875. The van der Waals surface area contributed by atoms with Crippen LogP contribution in [0.2, 0.25) is 0 Å². The summed E-state index contributed by atoms with van der Waals surface area (Å²) in [7, 11) is 0. The summed E-state index contributed by atoms with van der Waals surface area (Å²) in [5.74, 6) is 0.587. The highest BCUT2D eigenvalue weighted by atomic mass is 16.1. The first kappa shape index (κ1) is 7.58. The van der Waals surface area contributed by atoms with E-state index < -0.39 is 0 Å². The van der Waals surface area contributed by atoms with Crippen LogP contribution in [0.25, 0.3) is 0 Å². The molecule has 1 aliphatic rings. The Hall–Kier alpha value is -0.530. The molecule has 1 rings (SSSR count). The van der Waals surface area contributed by atoms with Crippen molar-refractivity contribution in [3.63, 3.8) is 0 Å². The minimum Gasteiger partial charge on any atom is -0.354 e. The molecule has 0 aromatic carbocycles. The van der Waals surface area contributed by atoms with Gasteiger partial charge in [0.25, 0.3) is 0 Å². The van der Waals surface area contributed by atoms with Crippen LogP contribution in [-0.2, 0) is 4.79 Å². The van der Waals surface area contributed by atoms with Crippen molar-refractivity contribution >= 4 is 5.91 Å². The lowest BCUT2D eigenvalue weighted by Crippen LogP contribution is -2.38. The first-order chi connectivity index (χ1) is 4.70. The molecule has 2 nitrogen and oxygen atoms in total. The van der Waals surface area contributed by atoms with E-state index in [1.54, 1.807) is 0 Å². The van der Waals surface area contributed by atoms with Crippen LogP contribution in [0.5, 0.6) is 0 Å². The fourth-order valence-electron chi connectivity index (χ4n) is 1.07. The van der Waals surface area contributed by atoms with Gasteiger partial charge in [0.15, 0.2) is 0 Å². The van der Waals surface area contributed by atoms with E-state index in [0.29, 0.717) is 12.0 Å². The maximum atomic E-state index is 11.1. The Labute approximate surface area is 63.5 Å². The number of rotatable bonds is 2. The van der Waals surface area contributed by atoms with Crippen molar-refractivity contribution in [3.05, 3.63) is 0 Å². The Balaban J connectivity index is 0.000001000. The van der Waals surface area contributed by atoms with E-state index >= 15 is 0 Å². The van der Waals surface area contributed by atoms with Crippen LogP contribution in [0.15, 0.2) is 0 Å². The van der Waals surface area contributed by atoms with Crippen LogP contribution in [0.3, 0.4) is 0 Å². The lowest BCUT2D eigenvalue weighted by Gasteiger charge is -2.25. The predicted octanol–water partition coefficient (Wildman–Crippen LogP) is 1.56. The van der Waals surface area contributed by atoms with Crippen molar-refractivity contribution in [2.75, 3.05) is 0 Å². The van der Waals surface area contributed by atoms with E-state index in [4.69, 9.17) is 0 Å². The van der Waals surface area contributed by atoms with Crippen molar-refractivity contribution in [1.29, 1.82) is 0 Å². The average molecular weight is 143 g/mol. The van der Waals surface area contributed by atoms with Crippen molar-refractivity contribution in [2.24, 2.45) is 5.92 Å². The second-order valence-corrected chi connectivity index (χ2v) is 3.29. The molecule has 1 saturated carbocycles. The van der Waals surface area contributed by atoms with Gasteiger partial charge in [0.2, 0.25) is 5.91 Å². The number of hydrogen-bond donors (Lipinski definition) is 1. The normalized spacial score (nSPS) is 18.7. The quantitative estimate of drug-likeness (QED) is 0.624.